The first-order chi connectivity index (χ1) is 13.5. The lowest BCUT2D eigenvalue weighted by molar-refractivity contribution is 0.102. The molecule has 0 saturated carbocycles. The Morgan fingerprint density at radius 1 is 1.21 bits per heavy atom. The van der Waals surface area contributed by atoms with Gasteiger partial charge in [0.05, 0.1) is 11.4 Å². The molecule has 0 saturated heterocycles. The van der Waals surface area contributed by atoms with E-state index in [1.807, 2.05) is 0 Å². The highest BCUT2D eigenvalue weighted by Crippen LogP contribution is 2.24. The number of benzene rings is 2. The summed E-state index contributed by atoms with van der Waals surface area (Å²) in [6, 6.07) is 12.5. The normalized spacial score (nSPS) is 10.8. The van der Waals surface area contributed by atoms with Crippen LogP contribution in [0.5, 0.6) is 0 Å². The fourth-order valence-electron chi connectivity index (χ4n) is 2.53. The first-order valence-electron chi connectivity index (χ1n) is 8.10. The largest absolute Gasteiger partial charge is 0.297 e. The van der Waals surface area contributed by atoms with Gasteiger partial charge in [0.15, 0.2) is 11.5 Å². The second kappa shape index (κ2) is 7.45. The molecule has 140 valence electrons. The summed E-state index contributed by atoms with van der Waals surface area (Å²) in [5, 5.41) is 11.7. The summed E-state index contributed by atoms with van der Waals surface area (Å²) in [5.41, 5.74) is 2.10. The van der Waals surface area contributed by atoms with Crippen molar-refractivity contribution in [3.63, 3.8) is 0 Å². The number of halogens is 2. The van der Waals surface area contributed by atoms with Crippen molar-refractivity contribution in [3.8, 4) is 17.2 Å². The predicted molar refractivity (Wildman–Crippen MR) is 104 cm³/mol. The molecule has 0 radical (unpaired) electrons. The van der Waals surface area contributed by atoms with Crippen LogP contribution in [0.15, 0.2) is 48.5 Å². The molecule has 0 aliphatic heterocycles. The zero-order valence-corrected chi connectivity index (χ0v) is 16.0. The molecule has 1 N–H and O–H groups in total. The maximum Gasteiger partial charge on any atom is 0.257 e. The lowest BCUT2D eigenvalue weighted by Crippen LogP contribution is -2.11. The molecule has 0 unspecified atom stereocenters. The number of nitrogens with one attached hydrogen (secondary N) is 1. The number of rotatable bonds is 4. The van der Waals surface area contributed by atoms with Crippen molar-refractivity contribution >= 4 is 34.2 Å². The molecule has 10 heteroatoms. The van der Waals surface area contributed by atoms with E-state index in [4.69, 9.17) is 11.6 Å². The first kappa shape index (κ1) is 18.2. The minimum absolute atomic E-state index is 0.320. The second-order valence-electron chi connectivity index (χ2n) is 5.80. The maximum absolute atomic E-state index is 13.5. The molecule has 2 aromatic heterocycles. The summed E-state index contributed by atoms with van der Waals surface area (Å²) < 4.78 is 19.2. The molecule has 2 heterocycles. The topological polar surface area (TPSA) is 85.6 Å². The van der Waals surface area contributed by atoms with E-state index in [2.05, 4.69) is 25.0 Å². The van der Waals surface area contributed by atoms with Crippen LogP contribution in [0, 0.1) is 12.7 Å². The molecular formula is C18H12ClFN6OS. The average molecular weight is 415 g/mol. The van der Waals surface area contributed by atoms with E-state index in [0.717, 1.165) is 11.5 Å². The van der Waals surface area contributed by atoms with Crippen LogP contribution in [-0.4, -0.2) is 30.3 Å². The number of amides is 1. The Morgan fingerprint density at radius 2 is 2.00 bits per heavy atom. The third-order valence-corrected chi connectivity index (χ3v) is 4.79. The molecule has 0 bridgehead atoms. The zero-order valence-electron chi connectivity index (χ0n) is 14.4. The van der Waals surface area contributed by atoms with Gasteiger partial charge in [0.25, 0.3) is 5.91 Å². The van der Waals surface area contributed by atoms with Crippen LogP contribution >= 0.6 is 23.1 Å². The van der Waals surface area contributed by atoms with Crippen LogP contribution in [-0.2, 0) is 0 Å². The minimum atomic E-state index is -0.368. The minimum Gasteiger partial charge on any atom is -0.297 e. The molecule has 0 aliphatic rings. The van der Waals surface area contributed by atoms with Crippen LogP contribution in [0.3, 0.4) is 0 Å². The Balaban J connectivity index is 1.56. The standard InChI is InChI=1S/C18H12ClFN6OS/c1-10-15(23-25-26(10)14-4-2-3-13(20)9-14)16-21-18(28-24-16)22-17(27)11-5-7-12(19)8-6-11/h2-9H,1H3,(H,21,22,24,27). The number of anilines is 1. The molecular weight excluding hydrogens is 403 g/mol. The first-order valence-corrected chi connectivity index (χ1v) is 9.25. The number of carbonyl (C=O) groups is 1. The van der Waals surface area contributed by atoms with Gasteiger partial charge in [-0.2, -0.15) is 9.36 Å². The van der Waals surface area contributed by atoms with Crippen LogP contribution in [0.1, 0.15) is 16.1 Å². The Kier molecular flexibility index (Phi) is 4.84. The van der Waals surface area contributed by atoms with E-state index < -0.39 is 0 Å². The van der Waals surface area contributed by atoms with E-state index in [-0.39, 0.29) is 11.7 Å². The number of carbonyl (C=O) groups excluding carboxylic acids is 1. The van der Waals surface area contributed by atoms with E-state index >= 15 is 0 Å². The molecule has 28 heavy (non-hydrogen) atoms. The Hall–Kier alpha value is -3.17. The Bertz CT molecular complexity index is 1160. The van der Waals surface area contributed by atoms with Crippen LogP contribution < -0.4 is 5.32 Å². The Labute approximate surface area is 168 Å². The fourth-order valence-corrected chi connectivity index (χ4v) is 3.22. The van der Waals surface area contributed by atoms with Gasteiger partial charge in [0.2, 0.25) is 5.13 Å². The summed E-state index contributed by atoms with van der Waals surface area (Å²) in [6.07, 6.45) is 0. The molecule has 0 aliphatic carbocycles. The average Bonchev–Trinajstić information content (AvgIpc) is 3.28. The lowest BCUT2D eigenvalue weighted by Gasteiger charge is -2.02. The van der Waals surface area contributed by atoms with E-state index in [9.17, 15) is 9.18 Å². The van der Waals surface area contributed by atoms with Gasteiger partial charge in [-0.3, -0.25) is 10.1 Å². The van der Waals surface area contributed by atoms with Crippen molar-refractivity contribution in [1.29, 1.82) is 0 Å². The van der Waals surface area contributed by atoms with Gasteiger partial charge < -0.3 is 0 Å². The second-order valence-corrected chi connectivity index (χ2v) is 6.99. The third kappa shape index (κ3) is 3.62. The van der Waals surface area contributed by atoms with Crippen molar-refractivity contribution in [2.45, 2.75) is 6.92 Å². The van der Waals surface area contributed by atoms with Crippen molar-refractivity contribution < 1.29 is 9.18 Å². The van der Waals surface area contributed by atoms with Gasteiger partial charge in [-0.1, -0.05) is 22.9 Å². The van der Waals surface area contributed by atoms with Crippen molar-refractivity contribution in [1.82, 2.24) is 24.4 Å². The highest BCUT2D eigenvalue weighted by molar-refractivity contribution is 7.10. The highest BCUT2D eigenvalue weighted by Gasteiger charge is 2.18. The van der Waals surface area contributed by atoms with Gasteiger partial charge in [0.1, 0.15) is 5.82 Å². The number of hydrogen-bond acceptors (Lipinski definition) is 6. The lowest BCUT2D eigenvalue weighted by atomic mass is 10.2. The number of aromatic nitrogens is 5. The predicted octanol–water partition coefficient (Wildman–Crippen LogP) is 4.14. The molecule has 2 aromatic carbocycles. The molecule has 0 spiro atoms. The fraction of sp³-hybridized carbons (Fsp3) is 0.0556. The van der Waals surface area contributed by atoms with Crippen LogP contribution in [0.2, 0.25) is 5.02 Å². The van der Waals surface area contributed by atoms with Gasteiger partial charge in [0, 0.05) is 22.1 Å². The number of nitrogens with zero attached hydrogens (tertiary/aromatic N) is 5. The number of hydrogen-bond donors (Lipinski definition) is 1. The zero-order chi connectivity index (χ0) is 19.7. The molecule has 0 fully saturated rings. The smallest absolute Gasteiger partial charge is 0.257 e. The summed E-state index contributed by atoms with van der Waals surface area (Å²) in [7, 11) is 0. The van der Waals surface area contributed by atoms with Crippen molar-refractivity contribution in [2.75, 3.05) is 5.32 Å². The third-order valence-electron chi connectivity index (χ3n) is 3.91. The summed E-state index contributed by atoms with van der Waals surface area (Å²) in [4.78, 5) is 16.6. The van der Waals surface area contributed by atoms with E-state index in [0.29, 0.717) is 38.6 Å². The van der Waals surface area contributed by atoms with E-state index in [1.54, 1.807) is 43.3 Å². The van der Waals surface area contributed by atoms with Gasteiger partial charge in [-0.15, -0.1) is 5.10 Å². The molecule has 7 nitrogen and oxygen atoms in total. The molecule has 1 amide bonds. The summed E-state index contributed by atoms with van der Waals surface area (Å²) in [6.45, 7) is 1.78. The molecule has 0 atom stereocenters. The summed E-state index contributed by atoms with van der Waals surface area (Å²) >= 11 is 6.86. The van der Waals surface area contributed by atoms with Crippen molar-refractivity contribution in [3.05, 3.63) is 70.6 Å². The van der Waals surface area contributed by atoms with Crippen molar-refractivity contribution in [2.24, 2.45) is 0 Å². The Morgan fingerprint density at radius 3 is 2.75 bits per heavy atom. The van der Waals surface area contributed by atoms with Crippen LogP contribution in [0.4, 0.5) is 9.52 Å². The highest BCUT2D eigenvalue weighted by atomic mass is 35.5. The van der Waals surface area contributed by atoms with Crippen LogP contribution in [0.25, 0.3) is 17.2 Å². The molecule has 4 aromatic rings. The summed E-state index contributed by atoms with van der Waals surface area (Å²) in [5.74, 6) is -0.357. The maximum atomic E-state index is 13.5. The quantitative estimate of drug-likeness (QED) is 0.542. The molecule has 4 rings (SSSR count). The van der Waals surface area contributed by atoms with Gasteiger partial charge in [-0.05, 0) is 49.4 Å². The SMILES string of the molecule is Cc1c(-c2nsc(NC(=O)c3ccc(Cl)cc3)n2)nnn1-c1cccc(F)c1. The monoisotopic (exact) mass is 414 g/mol. The van der Waals surface area contributed by atoms with Gasteiger partial charge in [-0.25, -0.2) is 9.07 Å². The van der Waals surface area contributed by atoms with E-state index in [1.165, 1.54) is 16.8 Å². The van der Waals surface area contributed by atoms with Gasteiger partial charge >= 0.3 is 0 Å².